The first kappa shape index (κ1) is 69.3. The fraction of sp³-hybridized carbons (Fsp3) is 0.342. The van der Waals surface area contributed by atoms with Gasteiger partial charge in [0.2, 0.25) is 0 Å². The van der Waals surface area contributed by atoms with E-state index in [4.69, 9.17) is 56.8 Å². The van der Waals surface area contributed by atoms with Gasteiger partial charge < -0.3 is 77.3 Å². The highest BCUT2D eigenvalue weighted by atomic mass is 16.6. The molecule has 0 aromatic heterocycles. The van der Waals surface area contributed by atoms with E-state index >= 15 is 0 Å². The van der Waals surface area contributed by atoms with Crippen LogP contribution in [0, 0.1) is 0 Å². The van der Waals surface area contributed by atoms with E-state index in [2.05, 4.69) is 0 Å². The summed E-state index contributed by atoms with van der Waals surface area (Å²) in [5.74, 6) is 1.10. The smallest absolute Gasteiger partial charge is 0.338 e. The molecule has 8 aromatic rings. The van der Waals surface area contributed by atoms with Crippen LogP contribution in [0.5, 0.6) is 46.0 Å². The Morgan fingerprint density at radius 2 is 0.548 bits per heavy atom. The predicted molar refractivity (Wildman–Crippen MR) is 347 cm³/mol. The van der Waals surface area contributed by atoms with Crippen LogP contribution >= 0.6 is 0 Å². The molecule has 8 rings (SSSR count). The molecule has 4 N–H and O–H groups in total. The molecule has 0 saturated carbocycles. The summed E-state index contributed by atoms with van der Waals surface area (Å²) in [5.41, 5.74) is 2.19. The molecule has 20 nitrogen and oxygen atoms in total. The molecule has 0 radical (unpaired) electrons. The first-order valence-corrected chi connectivity index (χ1v) is 31.1. The van der Waals surface area contributed by atoms with Crippen molar-refractivity contribution in [3.8, 4) is 46.0 Å². The number of aliphatic hydroxyl groups is 4. The summed E-state index contributed by atoms with van der Waals surface area (Å²) in [6.45, 7) is 7.32. The lowest BCUT2D eigenvalue weighted by Crippen LogP contribution is -2.26. The molecule has 4 unspecified atom stereocenters. The van der Waals surface area contributed by atoms with Crippen molar-refractivity contribution in [2.75, 3.05) is 79.3 Å². The van der Waals surface area contributed by atoms with Gasteiger partial charge in [0.1, 0.15) is 123 Å². The van der Waals surface area contributed by atoms with Crippen molar-refractivity contribution in [1.29, 1.82) is 0 Å². The lowest BCUT2D eigenvalue weighted by atomic mass is 9.93. The highest BCUT2D eigenvalue weighted by molar-refractivity contribution is 5.94. The molecule has 4 atom stereocenters. The first-order chi connectivity index (χ1) is 45.2. The Bertz CT molecular complexity index is 3420. The van der Waals surface area contributed by atoms with E-state index in [1.54, 1.807) is 133 Å². The number of ether oxygens (including phenoxy) is 12. The van der Waals surface area contributed by atoms with Crippen molar-refractivity contribution < 1.29 is 96.4 Å². The van der Waals surface area contributed by atoms with Crippen molar-refractivity contribution >= 4 is 45.4 Å². The molecular formula is C73H80O20. The molecule has 8 aromatic carbocycles. The van der Waals surface area contributed by atoms with Crippen LogP contribution in [0.25, 0.3) is 21.5 Å². The minimum Gasteiger partial charge on any atom is -0.494 e. The number of carbonyl (C=O) groups excluding carboxylic acids is 4. The Balaban J connectivity index is 1.06. The zero-order valence-corrected chi connectivity index (χ0v) is 52.7. The molecule has 0 aliphatic heterocycles. The normalized spacial score (nSPS) is 12.4. The van der Waals surface area contributed by atoms with Crippen LogP contribution in [0.15, 0.2) is 158 Å². The van der Waals surface area contributed by atoms with Gasteiger partial charge in [-0.25, -0.2) is 19.2 Å². The third-order valence-corrected chi connectivity index (χ3v) is 14.1. The van der Waals surface area contributed by atoms with Crippen LogP contribution in [-0.2, 0) is 25.4 Å². The van der Waals surface area contributed by atoms with Crippen molar-refractivity contribution in [3.05, 3.63) is 191 Å². The number of fused-ring (bicyclic) bond motifs is 2. The number of rotatable bonds is 38. The molecule has 492 valence electrons. The second-order valence-electron chi connectivity index (χ2n) is 21.8. The number of benzene rings is 8. The van der Waals surface area contributed by atoms with Crippen LogP contribution in [0.4, 0.5) is 0 Å². The summed E-state index contributed by atoms with van der Waals surface area (Å²) in [6, 6.07) is 43.7. The molecule has 0 aliphatic carbocycles. The molecule has 0 aliphatic rings. The van der Waals surface area contributed by atoms with E-state index in [1.807, 2.05) is 52.0 Å². The second-order valence-corrected chi connectivity index (χ2v) is 21.8. The fourth-order valence-corrected chi connectivity index (χ4v) is 9.27. The lowest BCUT2D eigenvalue weighted by Gasteiger charge is -2.21. The number of carbonyl (C=O) groups is 4. The van der Waals surface area contributed by atoms with Crippen molar-refractivity contribution in [2.45, 2.75) is 84.2 Å². The van der Waals surface area contributed by atoms with Gasteiger partial charge in [-0.2, -0.15) is 0 Å². The van der Waals surface area contributed by atoms with Gasteiger partial charge in [0.25, 0.3) is 0 Å². The Morgan fingerprint density at radius 3 is 0.817 bits per heavy atom. The molecule has 93 heavy (non-hydrogen) atoms. The van der Waals surface area contributed by atoms with E-state index in [0.717, 1.165) is 36.5 Å². The third-order valence-electron chi connectivity index (χ3n) is 14.1. The minimum atomic E-state index is -1.30. The average Bonchev–Trinajstić information content (AvgIpc) is 0.819. The van der Waals surface area contributed by atoms with Crippen LogP contribution in [-0.4, -0.2) is 148 Å². The Kier molecular flexibility index (Phi) is 26.7. The van der Waals surface area contributed by atoms with Crippen molar-refractivity contribution in [1.82, 2.24) is 0 Å². The predicted octanol–water partition coefficient (Wildman–Crippen LogP) is 11.1. The van der Waals surface area contributed by atoms with Gasteiger partial charge in [-0.05, 0) is 181 Å². The van der Waals surface area contributed by atoms with Gasteiger partial charge in [0.05, 0.1) is 48.7 Å². The molecule has 0 saturated heterocycles. The third kappa shape index (κ3) is 21.2. The molecule has 0 bridgehead atoms. The molecule has 0 amide bonds. The highest BCUT2D eigenvalue weighted by Gasteiger charge is 2.22. The zero-order chi connectivity index (χ0) is 65.9. The maximum atomic E-state index is 13.1. The standard InChI is InChI=1S/C73H80O20/c1-5-33-82-58-21-11-50(12-22-58)70(78)90-44-54(74)40-86-62-29-9-48-19-31-68(88-42-56(76)46-92-72(80)52-15-25-60(26-16-52)84-35-7-3)66(64(48)37-62)39-67-65-38-63(87-41-55(75)45-91-71(79)51-13-23-59(24-14-51)83-34-6-2)30-10-49(65)20-32-69(67)89-43-57(77)47-93-73(81)53-17-27-61(28-18-53)85-36-8-4/h9-32,37-38,54-57,74-77H,5-8,33-36,39-47H2,1-4H3. The van der Waals surface area contributed by atoms with Crippen molar-refractivity contribution in [3.63, 3.8) is 0 Å². The van der Waals surface area contributed by atoms with Crippen LogP contribution in [0.3, 0.4) is 0 Å². The van der Waals surface area contributed by atoms with E-state index in [0.29, 0.717) is 94.3 Å². The maximum absolute atomic E-state index is 13.1. The zero-order valence-electron chi connectivity index (χ0n) is 52.7. The highest BCUT2D eigenvalue weighted by Crippen LogP contribution is 2.39. The van der Waals surface area contributed by atoms with Gasteiger partial charge in [0, 0.05) is 17.5 Å². The van der Waals surface area contributed by atoms with Crippen LogP contribution in [0.2, 0.25) is 0 Å². The second kappa shape index (κ2) is 35.9. The molecular weight excluding hydrogens is 1200 g/mol. The molecule has 0 fully saturated rings. The molecule has 20 heteroatoms. The monoisotopic (exact) mass is 1280 g/mol. The number of hydrogen-bond acceptors (Lipinski definition) is 20. The number of aliphatic hydroxyl groups excluding tert-OH is 4. The van der Waals surface area contributed by atoms with E-state index < -0.39 is 61.5 Å². The minimum absolute atomic E-state index is 0.0346. The van der Waals surface area contributed by atoms with Gasteiger partial charge >= 0.3 is 23.9 Å². The molecule has 0 heterocycles. The summed E-state index contributed by atoms with van der Waals surface area (Å²) in [7, 11) is 0. The van der Waals surface area contributed by atoms with Gasteiger partial charge in [-0.1, -0.05) is 52.0 Å². The summed E-state index contributed by atoms with van der Waals surface area (Å²) < 4.78 is 69.5. The molecule has 0 spiro atoms. The number of esters is 4. The van der Waals surface area contributed by atoms with E-state index in [-0.39, 0.29) is 68.3 Å². The summed E-state index contributed by atoms with van der Waals surface area (Å²) in [4.78, 5) is 52.1. The lowest BCUT2D eigenvalue weighted by molar-refractivity contribution is 0.0127. The first-order valence-electron chi connectivity index (χ1n) is 31.1. The Hall–Kier alpha value is -9.60. The summed E-state index contributed by atoms with van der Waals surface area (Å²) in [6.07, 6.45) is -1.72. The van der Waals surface area contributed by atoms with Gasteiger partial charge in [0.15, 0.2) is 0 Å². The Morgan fingerprint density at radius 1 is 0.301 bits per heavy atom. The van der Waals surface area contributed by atoms with Crippen molar-refractivity contribution in [2.24, 2.45) is 0 Å². The van der Waals surface area contributed by atoms with E-state index in [1.165, 1.54) is 0 Å². The fourth-order valence-electron chi connectivity index (χ4n) is 9.27. The van der Waals surface area contributed by atoms with Gasteiger partial charge in [-0.3, -0.25) is 0 Å². The van der Waals surface area contributed by atoms with Crippen LogP contribution in [0.1, 0.15) is 106 Å². The largest absolute Gasteiger partial charge is 0.494 e. The number of hydrogen-bond donors (Lipinski definition) is 4. The maximum Gasteiger partial charge on any atom is 0.338 e. The van der Waals surface area contributed by atoms with Gasteiger partial charge in [-0.15, -0.1) is 0 Å². The topological polar surface area (TPSA) is 260 Å². The van der Waals surface area contributed by atoms with E-state index in [9.17, 15) is 39.6 Å². The summed E-state index contributed by atoms with van der Waals surface area (Å²) >= 11 is 0. The summed E-state index contributed by atoms with van der Waals surface area (Å²) in [5, 5.41) is 47.3. The quantitative estimate of drug-likeness (QED) is 0.0207. The Labute approximate surface area is 540 Å². The SMILES string of the molecule is CCCOc1ccc(C(=O)OCC(O)COc2ccc3ccc(OCC(O)COC(=O)c4ccc(OCCC)cc4)c(Cc4c(OCC(O)COC(=O)c5ccc(OCCC)cc5)ccc5ccc(OCC(O)COC(=O)c6ccc(OCCC)cc6)cc45)c3c2)cc1. The average molecular weight is 1280 g/mol. The van der Waals surface area contributed by atoms with Crippen LogP contribution < -0.4 is 37.9 Å².